The Kier molecular flexibility index (Phi) is 7.85. The van der Waals surface area contributed by atoms with Gasteiger partial charge in [-0.2, -0.15) is 0 Å². The molecule has 4 rings (SSSR count). The largest absolute Gasteiger partial charge is 0.335 e. The van der Waals surface area contributed by atoms with Crippen LogP contribution in [0.15, 0.2) is 72.8 Å². The standard InChI is InChI=1S/C29H33ClN2O/c1-21-16-22(2)18-25(17-21)29(33)32-15-13-27(20-28(32)19-24-6-4-3-5-7-24)31-14-12-23-8-10-26(30)11-9-23/h3-11,16-18,27-28,31H,12-15,19-20H2,1-2H3/t27-,28-/m0/s1. The third-order valence-corrected chi connectivity index (χ3v) is 6.77. The minimum Gasteiger partial charge on any atom is -0.335 e. The fraction of sp³-hybridized carbons (Fsp3) is 0.345. The van der Waals surface area contributed by atoms with Crippen molar-refractivity contribution in [3.05, 3.63) is 106 Å². The van der Waals surface area contributed by atoms with Gasteiger partial charge < -0.3 is 10.2 Å². The molecule has 1 N–H and O–H groups in total. The van der Waals surface area contributed by atoms with Gasteiger partial charge in [0.05, 0.1) is 0 Å². The number of benzene rings is 3. The summed E-state index contributed by atoms with van der Waals surface area (Å²) in [5, 5.41) is 4.52. The Balaban J connectivity index is 1.44. The van der Waals surface area contributed by atoms with E-state index in [-0.39, 0.29) is 11.9 Å². The predicted molar refractivity (Wildman–Crippen MR) is 137 cm³/mol. The van der Waals surface area contributed by atoms with Gasteiger partial charge in [0, 0.05) is 29.2 Å². The number of halogens is 1. The van der Waals surface area contributed by atoms with Crippen LogP contribution in [0.5, 0.6) is 0 Å². The maximum absolute atomic E-state index is 13.5. The average Bonchev–Trinajstić information content (AvgIpc) is 2.80. The van der Waals surface area contributed by atoms with Gasteiger partial charge in [0.1, 0.15) is 0 Å². The van der Waals surface area contributed by atoms with Gasteiger partial charge >= 0.3 is 0 Å². The first-order chi connectivity index (χ1) is 16.0. The number of amides is 1. The van der Waals surface area contributed by atoms with E-state index < -0.39 is 0 Å². The van der Waals surface area contributed by atoms with E-state index in [2.05, 4.69) is 66.5 Å². The van der Waals surface area contributed by atoms with Crippen LogP contribution in [0.3, 0.4) is 0 Å². The highest BCUT2D eigenvalue weighted by Crippen LogP contribution is 2.24. The summed E-state index contributed by atoms with van der Waals surface area (Å²) in [7, 11) is 0. The fourth-order valence-electron chi connectivity index (χ4n) is 4.92. The van der Waals surface area contributed by atoms with Crippen molar-refractivity contribution in [2.75, 3.05) is 13.1 Å². The van der Waals surface area contributed by atoms with Gasteiger partial charge in [0.2, 0.25) is 0 Å². The third-order valence-electron chi connectivity index (χ3n) is 6.52. The van der Waals surface area contributed by atoms with Crippen LogP contribution >= 0.6 is 11.6 Å². The maximum atomic E-state index is 13.5. The number of carbonyl (C=O) groups is 1. The number of rotatable bonds is 7. The molecule has 1 amide bonds. The molecule has 33 heavy (non-hydrogen) atoms. The van der Waals surface area contributed by atoms with Crippen LogP contribution < -0.4 is 5.32 Å². The van der Waals surface area contributed by atoms with Crippen molar-refractivity contribution >= 4 is 17.5 Å². The van der Waals surface area contributed by atoms with Crippen molar-refractivity contribution in [1.29, 1.82) is 0 Å². The second-order valence-electron chi connectivity index (χ2n) is 9.27. The van der Waals surface area contributed by atoms with E-state index in [1.807, 2.05) is 30.3 Å². The Labute approximate surface area is 202 Å². The normalized spacial score (nSPS) is 18.3. The number of nitrogens with one attached hydrogen (secondary N) is 1. The molecule has 3 aromatic carbocycles. The summed E-state index contributed by atoms with van der Waals surface area (Å²) in [4.78, 5) is 15.6. The highest BCUT2D eigenvalue weighted by Gasteiger charge is 2.32. The van der Waals surface area contributed by atoms with Gasteiger partial charge in [0.25, 0.3) is 5.91 Å². The van der Waals surface area contributed by atoms with Crippen molar-refractivity contribution < 1.29 is 4.79 Å². The molecule has 0 saturated carbocycles. The number of hydrogen-bond donors (Lipinski definition) is 1. The average molecular weight is 461 g/mol. The molecular weight excluding hydrogens is 428 g/mol. The van der Waals surface area contributed by atoms with Gasteiger partial charge in [-0.15, -0.1) is 0 Å². The lowest BCUT2D eigenvalue weighted by atomic mass is 9.91. The summed E-state index contributed by atoms with van der Waals surface area (Å²) in [6.07, 6.45) is 3.80. The van der Waals surface area contributed by atoms with E-state index in [0.29, 0.717) is 6.04 Å². The molecule has 2 atom stereocenters. The topological polar surface area (TPSA) is 32.3 Å². The van der Waals surface area contributed by atoms with Crippen LogP contribution in [0.4, 0.5) is 0 Å². The lowest BCUT2D eigenvalue weighted by Gasteiger charge is -2.40. The minimum atomic E-state index is 0.155. The van der Waals surface area contributed by atoms with Crippen molar-refractivity contribution in [1.82, 2.24) is 10.2 Å². The molecule has 3 nitrogen and oxygen atoms in total. The van der Waals surface area contributed by atoms with E-state index in [4.69, 9.17) is 11.6 Å². The molecule has 0 spiro atoms. The summed E-state index contributed by atoms with van der Waals surface area (Å²) < 4.78 is 0. The smallest absolute Gasteiger partial charge is 0.254 e. The zero-order chi connectivity index (χ0) is 23.2. The number of nitrogens with zero attached hydrogens (tertiary/aromatic N) is 1. The van der Waals surface area contributed by atoms with Crippen molar-refractivity contribution in [3.63, 3.8) is 0 Å². The van der Waals surface area contributed by atoms with E-state index >= 15 is 0 Å². The summed E-state index contributed by atoms with van der Waals surface area (Å²) in [5.41, 5.74) is 5.64. The summed E-state index contributed by atoms with van der Waals surface area (Å²) in [6, 6.07) is 25.4. The molecule has 1 saturated heterocycles. The van der Waals surface area contributed by atoms with E-state index in [0.717, 1.165) is 60.5 Å². The van der Waals surface area contributed by atoms with Crippen LogP contribution in [-0.2, 0) is 12.8 Å². The number of likely N-dealkylation sites (tertiary alicyclic amines) is 1. The molecule has 172 valence electrons. The van der Waals surface area contributed by atoms with Crippen LogP contribution in [0.1, 0.15) is 45.5 Å². The minimum absolute atomic E-state index is 0.155. The lowest BCUT2D eigenvalue weighted by molar-refractivity contribution is 0.0577. The van der Waals surface area contributed by atoms with E-state index in [1.165, 1.54) is 11.1 Å². The van der Waals surface area contributed by atoms with E-state index in [9.17, 15) is 4.79 Å². The van der Waals surface area contributed by atoms with Crippen LogP contribution in [-0.4, -0.2) is 36.0 Å². The SMILES string of the molecule is Cc1cc(C)cc(C(=O)N2CC[C@H](NCCc3ccc(Cl)cc3)C[C@@H]2Cc2ccccc2)c1. The summed E-state index contributed by atoms with van der Waals surface area (Å²) in [5.74, 6) is 0.155. The Morgan fingerprint density at radius 3 is 2.36 bits per heavy atom. The van der Waals surface area contributed by atoms with Gasteiger partial charge in [0.15, 0.2) is 0 Å². The second kappa shape index (κ2) is 11.0. The Bertz CT molecular complexity index is 1040. The highest BCUT2D eigenvalue weighted by molar-refractivity contribution is 6.30. The van der Waals surface area contributed by atoms with Crippen molar-refractivity contribution in [3.8, 4) is 0 Å². The quantitative estimate of drug-likeness (QED) is 0.468. The predicted octanol–water partition coefficient (Wildman–Crippen LogP) is 6.01. The molecule has 1 fully saturated rings. The third kappa shape index (κ3) is 6.46. The highest BCUT2D eigenvalue weighted by atomic mass is 35.5. The van der Waals surface area contributed by atoms with Gasteiger partial charge in [-0.3, -0.25) is 4.79 Å². The molecular formula is C29H33ClN2O. The molecule has 3 aromatic rings. The molecule has 4 heteroatoms. The van der Waals surface area contributed by atoms with E-state index in [1.54, 1.807) is 0 Å². The molecule has 0 radical (unpaired) electrons. The zero-order valence-electron chi connectivity index (χ0n) is 19.6. The summed E-state index contributed by atoms with van der Waals surface area (Å²) >= 11 is 6.00. The first kappa shape index (κ1) is 23.5. The Hall–Kier alpha value is -2.62. The summed E-state index contributed by atoms with van der Waals surface area (Å²) in [6.45, 7) is 5.82. The molecule has 1 aliphatic heterocycles. The molecule has 0 unspecified atom stereocenters. The number of piperidine rings is 1. The first-order valence-corrected chi connectivity index (χ1v) is 12.3. The lowest BCUT2D eigenvalue weighted by Crippen LogP contribution is -2.52. The Morgan fingerprint density at radius 1 is 0.970 bits per heavy atom. The molecule has 0 aliphatic carbocycles. The number of aryl methyl sites for hydroxylation is 2. The number of hydrogen-bond acceptors (Lipinski definition) is 2. The molecule has 1 heterocycles. The zero-order valence-corrected chi connectivity index (χ0v) is 20.3. The first-order valence-electron chi connectivity index (χ1n) is 11.9. The molecule has 1 aliphatic rings. The molecule has 0 bridgehead atoms. The Morgan fingerprint density at radius 2 is 1.67 bits per heavy atom. The van der Waals surface area contributed by atoms with Crippen LogP contribution in [0.25, 0.3) is 0 Å². The number of carbonyl (C=O) groups excluding carboxylic acids is 1. The molecule has 0 aromatic heterocycles. The van der Waals surface area contributed by atoms with Crippen LogP contribution in [0, 0.1) is 13.8 Å². The fourth-order valence-corrected chi connectivity index (χ4v) is 5.05. The van der Waals surface area contributed by atoms with Crippen LogP contribution in [0.2, 0.25) is 5.02 Å². The monoisotopic (exact) mass is 460 g/mol. The van der Waals surface area contributed by atoms with Gasteiger partial charge in [-0.25, -0.2) is 0 Å². The van der Waals surface area contributed by atoms with Crippen molar-refractivity contribution in [2.24, 2.45) is 0 Å². The second-order valence-corrected chi connectivity index (χ2v) is 9.71. The van der Waals surface area contributed by atoms with Crippen molar-refractivity contribution in [2.45, 2.75) is 51.6 Å². The van der Waals surface area contributed by atoms with Gasteiger partial charge in [-0.1, -0.05) is 71.3 Å². The maximum Gasteiger partial charge on any atom is 0.254 e. The van der Waals surface area contributed by atoms with Gasteiger partial charge in [-0.05, 0) is 81.5 Å².